The van der Waals surface area contributed by atoms with Gasteiger partial charge < -0.3 is 10.4 Å². The smallest absolute Gasteiger partial charge is 0.326 e. The predicted molar refractivity (Wildman–Crippen MR) is 79.5 cm³/mol. The third-order valence-corrected chi connectivity index (χ3v) is 3.12. The zero-order valence-electron chi connectivity index (χ0n) is 11.6. The quantitative estimate of drug-likeness (QED) is 0.759. The molecule has 1 aromatic carbocycles. The van der Waals surface area contributed by atoms with Crippen LogP contribution in [0.4, 0.5) is 4.39 Å². The van der Waals surface area contributed by atoms with E-state index in [0.717, 1.165) is 6.42 Å². The van der Waals surface area contributed by atoms with Gasteiger partial charge in [0.05, 0.1) is 5.02 Å². The van der Waals surface area contributed by atoms with E-state index in [1.807, 2.05) is 6.92 Å². The van der Waals surface area contributed by atoms with E-state index >= 15 is 0 Å². The summed E-state index contributed by atoms with van der Waals surface area (Å²) in [6.07, 6.45) is 4.59. The summed E-state index contributed by atoms with van der Waals surface area (Å²) < 4.78 is 13.0. The fraction of sp³-hybridized carbons (Fsp3) is 0.333. The molecule has 0 saturated heterocycles. The van der Waals surface area contributed by atoms with Crippen molar-refractivity contribution in [2.24, 2.45) is 0 Å². The zero-order chi connectivity index (χ0) is 15.8. The summed E-state index contributed by atoms with van der Waals surface area (Å²) in [6, 6.07) is 3.14. The number of amides is 1. The molecule has 0 heterocycles. The van der Waals surface area contributed by atoms with Crippen LogP contribution in [-0.2, 0) is 9.59 Å². The molecule has 1 unspecified atom stereocenters. The molecule has 1 atom stereocenters. The molecule has 0 bridgehead atoms. The highest BCUT2D eigenvalue weighted by Gasteiger charge is 2.17. The fourth-order valence-corrected chi connectivity index (χ4v) is 1.86. The van der Waals surface area contributed by atoms with Crippen molar-refractivity contribution in [2.45, 2.75) is 32.2 Å². The molecule has 1 amide bonds. The molecular formula is C15H17ClFNO3. The first-order valence-electron chi connectivity index (χ1n) is 6.60. The van der Waals surface area contributed by atoms with Crippen LogP contribution in [0.15, 0.2) is 24.3 Å². The number of carbonyl (C=O) groups excluding carboxylic acids is 1. The number of hydrogen-bond acceptors (Lipinski definition) is 2. The summed E-state index contributed by atoms with van der Waals surface area (Å²) in [5, 5.41) is 11.4. The topological polar surface area (TPSA) is 66.4 Å². The van der Waals surface area contributed by atoms with E-state index in [1.54, 1.807) is 0 Å². The van der Waals surface area contributed by atoms with E-state index in [-0.39, 0.29) is 5.02 Å². The van der Waals surface area contributed by atoms with E-state index in [1.165, 1.54) is 30.4 Å². The minimum Gasteiger partial charge on any atom is -0.480 e. The first kappa shape index (κ1) is 17.2. The predicted octanol–water partition coefficient (Wildman–Crippen LogP) is 3.25. The molecule has 1 rings (SSSR count). The molecule has 0 spiro atoms. The Bertz CT molecular complexity index is 546. The van der Waals surface area contributed by atoms with Gasteiger partial charge in [-0.1, -0.05) is 37.4 Å². The number of benzene rings is 1. The molecule has 21 heavy (non-hydrogen) atoms. The number of nitrogens with one attached hydrogen (secondary N) is 1. The van der Waals surface area contributed by atoms with E-state index in [2.05, 4.69) is 5.32 Å². The fourth-order valence-electron chi connectivity index (χ4n) is 1.67. The molecule has 0 fully saturated rings. The second-order valence-electron chi connectivity index (χ2n) is 4.55. The average molecular weight is 314 g/mol. The van der Waals surface area contributed by atoms with Crippen LogP contribution in [0.25, 0.3) is 6.08 Å². The molecule has 0 aliphatic rings. The monoisotopic (exact) mass is 313 g/mol. The number of aliphatic carboxylic acids is 1. The minimum atomic E-state index is -1.06. The highest BCUT2D eigenvalue weighted by Crippen LogP contribution is 2.16. The Labute approximate surface area is 127 Å². The second-order valence-corrected chi connectivity index (χ2v) is 4.96. The maximum atomic E-state index is 13.0. The summed E-state index contributed by atoms with van der Waals surface area (Å²) in [5.74, 6) is -2.11. The number of carboxylic acid groups (broad SMARTS) is 1. The van der Waals surface area contributed by atoms with E-state index in [9.17, 15) is 14.0 Å². The molecule has 0 saturated carbocycles. The maximum Gasteiger partial charge on any atom is 0.326 e. The molecule has 6 heteroatoms. The summed E-state index contributed by atoms with van der Waals surface area (Å²) in [6.45, 7) is 1.94. The van der Waals surface area contributed by atoms with Crippen molar-refractivity contribution in [1.29, 1.82) is 0 Å². The lowest BCUT2D eigenvalue weighted by Crippen LogP contribution is -2.39. The molecule has 4 nitrogen and oxygen atoms in total. The highest BCUT2D eigenvalue weighted by atomic mass is 35.5. The van der Waals surface area contributed by atoms with Crippen LogP contribution in [0.1, 0.15) is 31.7 Å². The van der Waals surface area contributed by atoms with Gasteiger partial charge >= 0.3 is 5.97 Å². The lowest BCUT2D eigenvalue weighted by atomic mass is 10.1. The van der Waals surface area contributed by atoms with Crippen LogP contribution in [0, 0.1) is 5.82 Å². The zero-order valence-corrected chi connectivity index (χ0v) is 12.4. The third kappa shape index (κ3) is 5.95. The SMILES string of the molecule is CCCCC(NC(=O)/C=C/c1ccc(F)c(Cl)c1)C(=O)O. The Morgan fingerprint density at radius 2 is 2.19 bits per heavy atom. The number of hydrogen-bond donors (Lipinski definition) is 2. The summed E-state index contributed by atoms with van der Waals surface area (Å²) >= 11 is 5.63. The van der Waals surface area contributed by atoms with Crippen molar-refractivity contribution >= 4 is 29.6 Å². The van der Waals surface area contributed by atoms with E-state index in [4.69, 9.17) is 16.7 Å². The van der Waals surface area contributed by atoms with Gasteiger partial charge in [0.1, 0.15) is 11.9 Å². The Balaban J connectivity index is 2.64. The number of carboxylic acids is 1. The summed E-state index contributed by atoms with van der Waals surface area (Å²) in [7, 11) is 0. The summed E-state index contributed by atoms with van der Waals surface area (Å²) in [4.78, 5) is 22.7. The van der Waals surface area contributed by atoms with Gasteiger partial charge in [0, 0.05) is 6.08 Å². The van der Waals surface area contributed by atoms with Crippen molar-refractivity contribution in [2.75, 3.05) is 0 Å². The molecule has 114 valence electrons. The highest BCUT2D eigenvalue weighted by molar-refractivity contribution is 6.30. The average Bonchev–Trinajstić information content (AvgIpc) is 2.44. The Hall–Kier alpha value is -1.88. The van der Waals surface area contributed by atoms with Gasteiger partial charge in [-0.05, 0) is 30.2 Å². The second kappa shape index (κ2) is 8.42. The minimum absolute atomic E-state index is 0.0380. The van der Waals surface area contributed by atoms with Crippen molar-refractivity contribution < 1.29 is 19.1 Å². The molecule has 0 aromatic heterocycles. The third-order valence-electron chi connectivity index (χ3n) is 2.83. The molecule has 2 N–H and O–H groups in total. The van der Waals surface area contributed by atoms with Crippen molar-refractivity contribution in [3.8, 4) is 0 Å². The van der Waals surface area contributed by atoms with Crippen LogP contribution in [0.3, 0.4) is 0 Å². The Morgan fingerprint density at radius 1 is 1.48 bits per heavy atom. The first-order valence-corrected chi connectivity index (χ1v) is 6.98. The number of unbranched alkanes of at least 4 members (excludes halogenated alkanes) is 1. The lowest BCUT2D eigenvalue weighted by molar-refractivity contribution is -0.141. The Kier molecular flexibility index (Phi) is 6.88. The van der Waals surface area contributed by atoms with Gasteiger partial charge in [0.15, 0.2) is 0 Å². The van der Waals surface area contributed by atoms with Crippen LogP contribution in [0.5, 0.6) is 0 Å². The van der Waals surface area contributed by atoms with Gasteiger partial charge in [-0.3, -0.25) is 4.79 Å². The largest absolute Gasteiger partial charge is 0.480 e. The van der Waals surface area contributed by atoms with Crippen LogP contribution >= 0.6 is 11.6 Å². The van der Waals surface area contributed by atoms with Crippen molar-refractivity contribution in [3.05, 3.63) is 40.7 Å². The lowest BCUT2D eigenvalue weighted by Gasteiger charge is -2.12. The molecule has 0 radical (unpaired) electrons. The van der Waals surface area contributed by atoms with Gasteiger partial charge in [0.25, 0.3) is 0 Å². The normalized spacial score (nSPS) is 12.3. The standard InChI is InChI=1S/C15H17ClFNO3/c1-2-3-4-13(15(20)21)18-14(19)8-6-10-5-7-12(17)11(16)9-10/h5-9,13H,2-4H2,1H3,(H,18,19)(H,20,21)/b8-6+. The molecular weight excluding hydrogens is 297 g/mol. The van der Waals surface area contributed by atoms with Gasteiger partial charge in [-0.25, -0.2) is 9.18 Å². The van der Waals surface area contributed by atoms with E-state index in [0.29, 0.717) is 18.4 Å². The van der Waals surface area contributed by atoms with Gasteiger partial charge in [-0.2, -0.15) is 0 Å². The summed E-state index contributed by atoms with van der Waals surface area (Å²) in [5.41, 5.74) is 0.553. The Morgan fingerprint density at radius 3 is 2.76 bits per heavy atom. The number of carbonyl (C=O) groups is 2. The number of rotatable bonds is 7. The van der Waals surface area contributed by atoms with Crippen LogP contribution in [-0.4, -0.2) is 23.0 Å². The molecule has 0 aliphatic carbocycles. The molecule has 0 aliphatic heterocycles. The maximum absolute atomic E-state index is 13.0. The van der Waals surface area contributed by atoms with Gasteiger partial charge in [0.2, 0.25) is 5.91 Å². The number of halogens is 2. The van der Waals surface area contributed by atoms with Crippen molar-refractivity contribution in [1.82, 2.24) is 5.32 Å². The van der Waals surface area contributed by atoms with Gasteiger partial charge in [-0.15, -0.1) is 0 Å². The molecule has 1 aromatic rings. The van der Waals surface area contributed by atoms with Crippen molar-refractivity contribution in [3.63, 3.8) is 0 Å². The first-order chi connectivity index (χ1) is 9.93. The van der Waals surface area contributed by atoms with Crippen LogP contribution < -0.4 is 5.32 Å². The van der Waals surface area contributed by atoms with E-state index < -0.39 is 23.7 Å². The van der Waals surface area contributed by atoms with Crippen LogP contribution in [0.2, 0.25) is 5.02 Å².